The van der Waals surface area contributed by atoms with Crippen LogP contribution in [0.2, 0.25) is 0 Å². The number of carbonyl (C=O) groups excluding carboxylic acids is 1. The molecule has 0 aliphatic carbocycles. The number of hydrogen-bond donors (Lipinski definition) is 2. The number of aryl methyl sites for hydroxylation is 1. The van der Waals surface area contributed by atoms with Gasteiger partial charge in [0.1, 0.15) is 0 Å². The summed E-state index contributed by atoms with van der Waals surface area (Å²) in [7, 11) is -3.82. The predicted molar refractivity (Wildman–Crippen MR) is 117 cm³/mol. The number of sulfonamides is 1. The second-order valence-corrected chi connectivity index (χ2v) is 9.87. The van der Waals surface area contributed by atoms with E-state index in [0.29, 0.717) is 35.3 Å². The Morgan fingerprint density at radius 2 is 2.03 bits per heavy atom. The molecule has 1 amide bonds. The summed E-state index contributed by atoms with van der Waals surface area (Å²) in [6.07, 6.45) is 0. The summed E-state index contributed by atoms with van der Waals surface area (Å²) in [4.78, 5) is 17.2. The van der Waals surface area contributed by atoms with E-state index in [4.69, 9.17) is 14.6 Å². The second kappa shape index (κ2) is 8.40. The number of ether oxygens (including phenoxy) is 2. The van der Waals surface area contributed by atoms with Crippen LogP contribution in [-0.2, 0) is 27.9 Å². The molecule has 3 aromatic rings. The van der Waals surface area contributed by atoms with E-state index in [-0.39, 0.29) is 17.6 Å². The number of thioether (sulfide) groups is 1. The quantitative estimate of drug-likeness (QED) is 0.516. The predicted octanol–water partition coefficient (Wildman–Crippen LogP) is 2.23. The molecule has 3 N–H and O–H groups in total. The third kappa shape index (κ3) is 4.48. The molecule has 1 aliphatic heterocycles. The van der Waals surface area contributed by atoms with E-state index in [1.54, 1.807) is 13.0 Å². The van der Waals surface area contributed by atoms with Crippen LogP contribution in [0.25, 0.3) is 11.0 Å². The maximum absolute atomic E-state index is 12.6. The number of fused-ring (bicyclic) bond motifs is 2. The summed E-state index contributed by atoms with van der Waals surface area (Å²) in [6, 6.07) is 10.1. The lowest BCUT2D eigenvalue weighted by Crippen LogP contribution is -2.30. The van der Waals surface area contributed by atoms with Gasteiger partial charge >= 0.3 is 0 Å². The van der Waals surface area contributed by atoms with Crippen LogP contribution in [0.15, 0.2) is 46.5 Å². The zero-order chi connectivity index (χ0) is 22.2. The minimum absolute atomic E-state index is 0.00632. The maximum atomic E-state index is 12.6. The van der Waals surface area contributed by atoms with Gasteiger partial charge in [-0.25, -0.2) is 18.5 Å². The topological polar surface area (TPSA) is 126 Å². The number of imidazole rings is 1. The fourth-order valence-electron chi connectivity index (χ4n) is 3.26. The van der Waals surface area contributed by atoms with Crippen molar-refractivity contribution in [2.75, 3.05) is 6.79 Å². The third-order valence-electron chi connectivity index (χ3n) is 4.88. The van der Waals surface area contributed by atoms with Gasteiger partial charge in [0.05, 0.1) is 21.2 Å². The van der Waals surface area contributed by atoms with Crippen LogP contribution in [-0.4, -0.2) is 35.9 Å². The highest BCUT2D eigenvalue weighted by Gasteiger charge is 2.20. The van der Waals surface area contributed by atoms with E-state index in [1.165, 1.54) is 23.9 Å². The number of hydrogen-bond acceptors (Lipinski definition) is 7. The van der Waals surface area contributed by atoms with E-state index in [2.05, 4.69) is 10.3 Å². The average molecular weight is 463 g/mol. The molecule has 164 valence electrons. The van der Waals surface area contributed by atoms with Crippen molar-refractivity contribution in [2.45, 2.75) is 42.2 Å². The van der Waals surface area contributed by atoms with Gasteiger partial charge < -0.3 is 19.4 Å². The fraction of sp³-hybridized carbons (Fsp3) is 0.300. The van der Waals surface area contributed by atoms with Crippen LogP contribution in [0.3, 0.4) is 0 Å². The molecule has 0 saturated carbocycles. The number of nitrogens with two attached hydrogens (primary N) is 1. The number of benzene rings is 2. The molecule has 0 spiro atoms. The number of nitrogens with one attached hydrogen (secondary N) is 1. The summed E-state index contributed by atoms with van der Waals surface area (Å²) in [6.45, 7) is 4.95. The van der Waals surface area contributed by atoms with Gasteiger partial charge in [0, 0.05) is 13.1 Å². The molecule has 0 fully saturated rings. The number of rotatable bonds is 7. The van der Waals surface area contributed by atoms with Crippen molar-refractivity contribution in [1.29, 1.82) is 0 Å². The summed E-state index contributed by atoms with van der Waals surface area (Å²) in [5.74, 6) is 1.23. The van der Waals surface area contributed by atoms with Crippen molar-refractivity contribution in [2.24, 2.45) is 5.14 Å². The summed E-state index contributed by atoms with van der Waals surface area (Å²) >= 11 is 1.31. The Hall–Kier alpha value is -2.76. The van der Waals surface area contributed by atoms with Gasteiger partial charge in [-0.1, -0.05) is 17.8 Å². The Balaban J connectivity index is 1.46. The van der Waals surface area contributed by atoms with Gasteiger partial charge in [0.15, 0.2) is 16.7 Å². The van der Waals surface area contributed by atoms with Crippen molar-refractivity contribution in [3.8, 4) is 11.5 Å². The number of carbonyl (C=O) groups is 1. The van der Waals surface area contributed by atoms with Gasteiger partial charge in [0.2, 0.25) is 22.7 Å². The van der Waals surface area contributed by atoms with Gasteiger partial charge in [0.25, 0.3) is 0 Å². The van der Waals surface area contributed by atoms with Gasteiger partial charge in [-0.2, -0.15) is 0 Å². The summed E-state index contributed by atoms with van der Waals surface area (Å²) < 4.78 is 35.8. The van der Waals surface area contributed by atoms with Crippen LogP contribution in [0.1, 0.15) is 19.4 Å². The first-order valence-corrected chi connectivity index (χ1v) is 12.0. The first kappa shape index (κ1) is 21.5. The Labute approximate surface area is 184 Å². The fourth-order valence-corrected chi connectivity index (χ4v) is 4.80. The second-order valence-electron chi connectivity index (χ2n) is 7.00. The van der Waals surface area contributed by atoms with Gasteiger partial charge in [-0.15, -0.1) is 0 Å². The third-order valence-corrected chi connectivity index (χ3v) is 6.89. The van der Waals surface area contributed by atoms with Crippen molar-refractivity contribution in [3.05, 3.63) is 42.0 Å². The molecule has 0 saturated heterocycles. The van der Waals surface area contributed by atoms with E-state index in [9.17, 15) is 13.2 Å². The van der Waals surface area contributed by atoms with Crippen molar-refractivity contribution in [1.82, 2.24) is 14.9 Å². The lowest BCUT2D eigenvalue weighted by molar-refractivity contribution is -0.120. The Bertz CT molecular complexity index is 1260. The van der Waals surface area contributed by atoms with Gasteiger partial charge in [-0.05, 0) is 49.7 Å². The molecular weight excluding hydrogens is 440 g/mol. The molecule has 2 heterocycles. The Morgan fingerprint density at radius 3 is 2.77 bits per heavy atom. The molecule has 0 unspecified atom stereocenters. The highest BCUT2D eigenvalue weighted by Crippen LogP contribution is 2.32. The first-order valence-electron chi connectivity index (χ1n) is 9.62. The zero-order valence-corrected chi connectivity index (χ0v) is 18.6. The molecule has 2 aromatic carbocycles. The van der Waals surface area contributed by atoms with Crippen molar-refractivity contribution >= 4 is 38.7 Å². The lowest BCUT2D eigenvalue weighted by atomic mass is 10.2. The van der Waals surface area contributed by atoms with Gasteiger partial charge in [-0.3, -0.25) is 4.79 Å². The zero-order valence-electron chi connectivity index (χ0n) is 17.0. The molecule has 0 radical (unpaired) electrons. The van der Waals surface area contributed by atoms with E-state index >= 15 is 0 Å². The largest absolute Gasteiger partial charge is 0.454 e. The highest BCUT2D eigenvalue weighted by molar-refractivity contribution is 8.00. The number of amides is 1. The standard InChI is InChI=1S/C20H22N4O5S2/c1-3-24-16-6-5-14(31(21,26)27)9-15(16)23-20(24)30-12(2)19(25)22-10-13-4-7-17-18(8-13)29-11-28-17/h4-9,12H,3,10-11H2,1-2H3,(H,22,25)(H2,21,26,27)/t12-/m0/s1. The maximum Gasteiger partial charge on any atom is 0.238 e. The van der Waals surface area contributed by atoms with Crippen LogP contribution in [0.4, 0.5) is 0 Å². The summed E-state index contributed by atoms with van der Waals surface area (Å²) in [5, 5.41) is 8.37. The van der Waals surface area contributed by atoms with E-state index in [1.807, 2.05) is 29.7 Å². The monoisotopic (exact) mass is 462 g/mol. The van der Waals surface area contributed by atoms with Crippen molar-refractivity contribution < 1.29 is 22.7 Å². The minimum Gasteiger partial charge on any atom is -0.454 e. The molecule has 1 aliphatic rings. The van der Waals surface area contributed by atoms with Crippen molar-refractivity contribution in [3.63, 3.8) is 0 Å². The normalized spacial score (nSPS) is 14.0. The molecule has 31 heavy (non-hydrogen) atoms. The van der Waals surface area contributed by atoms with Crippen LogP contribution >= 0.6 is 11.8 Å². The molecule has 4 rings (SSSR count). The Kier molecular flexibility index (Phi) is 5.82. The van der Waals surface area contributed by atoms with Crippen LogP contribution < -0.4 is 19.9 Å². The highest BCUT2D eigenvalue weighted by atomic mass is 32.2. The average Bonchev–Trinajstić information content (AvgIpc) is 3.33. The number of nitrogens with zero attached hydrogens (tertiary/aromatic N) is 2. The smallest absolute Gasteiger partial charge is 0.238 e. The van der Waals surface area contributed by atoms with Crippen LogP contribution in [0.5, 0.6) is 11.5 Å². The molecule has 11 heteroatoms. The molecular formula is C20H22N4O5S2. The molecule has 1 atom stereocenters. The number of primary sulfonamides is 1. The minimum atomic E-state index is -3.82. The SMILES string of the molecule is CCn1c(S[C@@H](C)C(=O)NCc2ccc3c(c2)OCO3)nc2cc(S(N)(=O)=O)ccc21. The Morgan fingerprint density at radius 1 is 1.26 bits per heavy atom. The molecule has 1 aromatic heterocycles. The number of aromatic nitrogens is 2. The molecule has 9 nitrogen and oxygen atoms in total. The first-order chi connectivity index (χ1) is 14.8. The summed E-state index contributed by atoms with van der Waals surface area (Å²) in [5.41, 5.74) is 2.21. The van der Waals surface area contributed by atoms with E-state index < -0.39 is 15.3 Å². The van der Waals surface area contributed by atoms with Crippen LogP contribution in [0, 0.1) is 0 Å². The van der Waals surface area contributed by atoms with E-state index in [0.717, 1.165) is 11.1 Å². The lowest BCUT2D eigenvalue weighted by Gasteiger charge is -2.13. The molecule has 0 bridgehead atoms.